The molecule has 2 heteroatoms. The standard InChI is InChI=1S/C12H23NS/c1-3-13-12(10-14-2)11-8-6-4-5-7-9-11/h8,12-13H,3-7,9-10H2,1-2H3. The monoisotopic (exact) mass is 213 g/mol. The molecule has 0 aliphatic heterocycles. The van der Waals surface area contributed by atoms with Crippen molar-refractivity contribution < 1.29 is 0 Å². The fourth-order valence-electron chi connectivity index (χ4n) is 2.07. The first-order chi connectivity index (χ1) is 6.88. The molecular formula is C12H23NS. The molecule has 0 fully saturated rings. The second-order valence-corrected chi connectivity index (χ2v) is 4.85. The molecule has 0 amide bonds. The Morgan fingerprint density at radius 3 is 3.00 bits per heavy atom. The first kappa shape index (κ1) is 12.1. The number of hydrogen-bond acceptors (Lipinski definition) is 2. The predicted octanol–water partition coefficient (Wildman–Crippen LogP) is 3.22. The van der Waals surface area contributed by atoms with Crippen molar-refractivity contribution in [2.75, 3.05) is 18.6 Å². The van der Waals surface area contributed by atoms with Gasteiger partial charge in [-0.15, -0.1) is 0 Å². The van der Waals surface area contributed by atoms with Crippen LogP contribution in [0, 0.1) is 0 Å². The summed E-state index contributed by atoms with van der Waals surface area (Å²) in [5, 5.41) is 3.59. The number of likely N-dealkylation sites (N-methyl/N-ethyl adjacent to an activating group) is 1. The van der Waals surface area contributed by atoms with E-state index in [1.54, 1.807) is 5.57 Å². The molecule has 14 heavy (non-hydrogen) atoms. The van der Waals surface area contributed by atoms with Gasteiger partial charge in [0.15, 0.2) is 0 Å². The average molecular weight is 213 g/mol. The Labute approximate surface area is 92.7 Å². The van der Waals surface area contributed by atoms with Crippen LogP contribution in [-0.4, -0.2) is 24.6 Å². The normalized spacial score (nSPS) is 20.0. The molecule has 1 N–H and O–H groups in total. The lowest BCUT2D eigenvalue weighted by molar-refractivity contribution is 0.608. The Morgan fingerprint density at radius 2 is 2.29 bits per heavy atom. The summed E-state index contributed by atoms with van der Waals surface area (Å²) < 4.78 is 0. The zero-order valence-corrected chi connectivity index (χ0v) is 10.3. The number of hydrogen-bond donors (Lipinski definition) is 1. The van der Waals surface area contributed by atoms with E-state index in [4.69, 9.17) is 0 Å². The zero-order chi connectivity index (χ0) is 10.2. The third-order valence-electron chi connectivity index (χ3n) is 2.81. The minimum atomic E-state index is 0.632. The number of nitrogens with one attached hydrogen (secondary N) is 1. The van der Waals surface area contributed by atoms with E-state index in [-0.39, 0.29) is 0 Å². The van der Waals surface area contributed by atoms with Crippen molar-refractivity contribution in [1.82, 2.24) is 5.32 Å². The summed E-state index contributed by atoms with van der Waals surface area (Å²) >= 11 is 1.95. The van der Waals surface area contributed by atoms with E-state index in [0.717, 1.165) is 6.54 Å². The van der Waals surface area contributed by atoms with Crippen LogP contribution in [0.1, 0.15) is 39.0 Å². The van der Waals surface area contributed by atoms with E-state index in [0.29, 0.717) is 6.04 Å². The predicted molar refractivity (Wildman–Crippen MR) is 67.0 cm³/mol. The molecule has 1 nitrogen and oxygen atoms in total. The summed E-state index contributed by atoms with van der Waals surface area (Å²) in [5.74, 6) is 1.22. The van der Waals surface area contributed by atoms with Gasteiger partial charge in [-0.25, -0.2) is 0 Å². The molecule has 1 rings (SSSR count). The van der Waals surface area contributed by atoms with Crippen LogP contribution in [0.5, 0.6) is 0 Å². The molecule has 1 aliphatic rings. The van der Waals surface area contributed by atoms with Gasteiger partial charge in [0, 0.05) is 11.8 Å². The van der Waals surface area contributed by atoms with E-state index in [2.05, 4.69) is 24.6 Å². The number of thioether (sulfide) groups is 1. The Balaban J connectivity index is 2.50. The van der Waals surface area contributed by atoms with Crippen LogP contribution in [0.3, 0.4) is 0 Å². The zero-order valence-electron chi connectivity index (χ0n) is 9.51. The molecule has 1 atom stereocenters. The highest BCUT2D eigenvalue weighted by atomic mass is 32.2. The summed E-state index contributed by atoms with van der Waals surface area (Å²) in [5.41, 5.74) is 1.67. The second-order valence-electron chi connectivity index (χ2n) is 3.94. The lowest BCUT2D eigenvalue weighted by Gasteiger charge is -2.20. The van der Waals surface area contributed by atoms with Crippen molar-refractivity contribution >= 4 is 11.8 Å². The molecule has 0 bridgehead atoms. The average Bonchev–Trinajstić information content (AvgIpc) is 2.45. The Kier molecular flexibility index (Phi) is 6.37. The quantitative estimate of drug-likeness (QED) is 0.704. The van der Waals surface area contributed by atoms with Crippen molar-refractivity contribution in [3.63, 3.8) is 0 Å². The molecule has 1 aliphatic carbocycles. The molecular weight excluding hydrogens is 190 g/mol. The summed E-state index contributed by atoms with van der Waals surface area (Å²) in [6.45, 7) is 3.28. The number of allylic oxidation sites excluding steroid dienone is 1. The topological polar surface area (TPSA) is 12.0 Å². The van der Waals surface area contributed by atoms with E-state index in [9.17, 15) is 0 Å². The fourth-order valence-corrected chi connectivity index (χ4v) is 2.73. The van der Waals surface area contributed by atoms with Crippen LogP contribution in [0.4, 0.5) is 0 Å². The van der Waals surface area contributed by atoms with Crippen LogP contribution in [-0.2, 0) is 0 Å². The second kappa shape index (κ2) is 7.36. The molecule has 0 aromatic heterocycles. The van der Waals surface area contributed by atoms with Crippen molar-refractivity contribution in [1.29, 1.82) is 0 Å². The van der Waals surface area contributed by atoms with Gasteiger partial charge < -0.3 is 5.32 Å². The number of rotatable bonds is 5. The minimum absolute atomic E-state index is 0.632. The highest BCUT2D eigenvalue weighted by molar-refractivity contribution is 7.98. The van der Waals surface area contributed by atoms with Gasteiger partial charge >= 0.3 is 0 Å². The minimum Gasteiger partial charge on any atom is -0.310 e. The summed E-state index contributed by atoms with van der Waals surface area (Å²) in [7, 11) is 0. The first-order valence-corrected chi connectivity index (χ1v) is 7.19. The summed E-state index contributed by atoms with van der Waals surface area (Å²) in [4.78, 5) is 0. The van der Waals surface area contributed by atoms with Crippen molar-refractivity contribution in [2.45, 2.75) is 45.1 Å². The van der Waals surface area contributed by atoms with Gasteiger partial charge in [-0.2, -0.15) is 11.8 Å². The molecule has 1 unspecified atom stereocenters. The van der Waals surface area contributed by atoms with Crippen molar-refractivity contribution in [3.8, 4) is 0 Å². The van der Waals surface area contributed by atoms with Crippen molar-refractivity contribution in [2.24, 2.45) is 0 Å². The van der Waals surface area contributed by atoms with Crippen molar-refractivity contribution in [3.05, 3.63) is 11.6 Å². The van der Waals surface area contributed by atoms with Crippen LogP contribution >= 0.6 is 11.8 Å². The van der Waals surface area contributed by atoms with E-state index in [1.807, 2.05) is 11.8 Å². The maximum Gasteiger partial charge on any atom is 0.0370 e. The SMILES string of the molecule is CCNC(CSC)C1=CCCCCC1. The van der Waals surface area contributed by atoms with Gasteiger partial charge in [0.2, 0.25) is 0 Å². The maximum atomic E-state index is 3.59. The van der Waals surface area contributed by atoms with E-state index < -0.39 is 0 Å². The highest BCUT2D eigenvalue weighted by Gasteiger charge is 2.13. The molecule has 0 heterocycles. The van der Waals surface area contributed by atoms with Gasteiger partial charge in [-0.05, 0) is 38.5 Å². The fraction of sp³-hybridized carbons (Fsp3) is 0.833. The van der Waals surface area contributed by atoms with E-state index >= 15 is 0 Å². The van der Waals surface area contributed by atoms with Crippen LogP contribution < -0.4 is 5.32 Å². The first-order valence-electron chi connectivity index (χ1n) is 5.79. The molecule has 0 saturated carbocycles. The Hall–Kier alpha value is 0.0500. The molecule has 0 spiro atoms. The lowest BCUT2D eigenvalue weighted by atomic mass is 10.0. The van der Waals surface area contributed by atoms with Gasteiger partial charge in [0.05, 0.1) is 0 Å². The Bertz CT molecular complexity index is 171. The van der Waals surface area contributed by atoms with Gasteiger partial charge in [0.1, 0.15) is 0 Å². The van der Waals surface area contributed by atoms with E-state index in [1.165, 1.54) is 37.9 Å². The van der Waals surface area contributed by atoms with Gasteiger partial charge in [-0.1, -0.05) is 25.0 Å². The maximum absolute atomic E-state index is 3.59. The molecule has 0 saturated heterocycles. The Morgan fingerprint density at radius 1 is 1.43 bits per heavy atom. The lowest BCUT2D eigenvalue weighted by Crippen LogP contribution is -2.33. The molecule has 0 aromatic rings. The van der Waals surface area contributed by atoms with Crippen LogP contribution in [0.2, 0.25) is 0 Å². The van der Waals surface area contributed by atoms with Crippen LogP contribution in [0.25, 0.3) is 0 Å². The summed E-state index contributed by atoms with van der Waals surface area (Å²) in [6, 6.07) is 0.632. The third kappa shape index (κ3) is 4.05. The third-order valence-corrected chi connectivity index (χ3v) is 3.47. The van der Waals surface area contributed by atoms with Gasteiger partial charge in [0.25, 0.3) is 0 Å². The van der Waals surface area contributed by atoms with Crippen LogP contribution in [0.15, 0.2) is 11.6 Å². The highest BCUT2D eigenvalue weighted by Crippen LogP contribution is 2.21. The molecule has 0 aromatic carbocycles. The largest absolute Gasteiger partial charge is 0.310 e. The van der Waals surface area contributed by atoms with Gasteiger partial charge in [-0.3, -0.25) is 0 Å². The molecule has 0 radical (unpaired) electrons. The smallest absolute Gasteiger partial charge is 0.0370 e. The summed E-state index contributed by atoms with van der Waals surface area (Å²) in [6.07, 6.45) is 11.5. The molecule has 82 valence electrons.